The van der Waals surface area contributed by atoms with Gasteiger partial charge in [-0.05, 0) is 42.5 Å². The van der Waals surface area contributed by atoms with Gasteiger partial charge in [0.05, 0.1) is 32.2 Å². The van der Waals surface area contributed by atoms with Gasteiger partial charge in [0.15, 0.2) is 5.78 Å². The molecule has 0 aliphatic rings. The van der Waals surface area contributed by atoms with E-state index in [9.17, 15) is 17.6 Å². The van der Waals surface area contributed by atoms with Crippen LogP contribution >= 0.6 is 11.6 Å². The van der Waals surface area contributed by atoms with Gasteiger partial charge in [0, 0.05) is 18.0 Å². The number of hydrogen-bond acceptors (Lipinski definition) is 5. The Labute approximate surface area is 176 Å². The Balaban J connectivity index is 1.74. The topological polar surface area (TPSA) is 89.0 Å². The highest BCUT2D eigenvalue weighted by atomic mass is 35.5. The molecule has 30 heavy (non-hydrogen) atoms. The molecule has 0 saturated carbocycles. The standard InChI is InChI=1S/C21H13ClFN3O3S/c22-20-17(26-30(28,29)14-4-2-1-3-5-14)9-7-15(23)19(20)21(27)13-6-8-16-18(12-13)25-11-10-24-16/h1-12,26H. The number of ketones is 1. The molecular weight excluding hydrogens is 429 g/mol. The first-order valence-electron chi connectivity index (χ1n) is 8.68. The van der Waals surface area contributed by atoms with Gasteiger partial charge in [0.2, 0.25) is 0 Å². The van der Waals surface area contributed by atoms with Crippen molar-refractivity contribution in [1.82, 2.24) is 9.97 Å². The molecule has 0 amide bonds. The Bertz CT molecular complexity index is 1380. The summed E-state index contributed by atoms with van der Waals surface area (Å²) in [7, 11) is -3.97. The predicted octanol–water partition coefficient (Wildman–Crippen LogP) is 4.45. The lowest BCUT2D eigenvalue weighted by atomic mass is 10.0. The maximum Gasteiger partial charge on any atom is 0.261 e. The van der Waals surface area contributed by atoms with Gasteiger partial charge in [0.1, 0.15) is 5.82 Å². The van der Waals surface area contributed by atoms with Crippen LogP contribution in [0.25, 0.3) is 11.0 Å². The SMILES string of the molecule is O=C(c1ccc2nccnc2c1)c1c(F)ccc(NS(=O)(=O)c2ccccc2)c1Cl. The Morgan fingerprint density at radius 2 is 1.63 bits per heavy atom. The molecule has 0 aliphatic heterocycles. The van der Waals surface area contributed by atoms with Gasteiger partial charge < -0.3 is 0 Å². The van der Waals surface area contributed by atoms with Crippen LogP contribution in [0.4, 0.5) is 10.1 Å². The Hall–Kier alpha value is -3.36. The normalized spacial score (nSPS) is 11.4. The van der Waals surface area contributed by atoms with Crippen molar-refractivity contribution in [1.29, 1.82) is 0 Å². The van der Waals surface area contributed by atoms with E-state index in [1.807, 2.05) is 0 Å². The lowest BCUT2D eigenvalue weighted by Gasteiger charge is -2.13. The Kier molecular flexibility index (Phi) is 5.19. The summed E-state index contributed by atoms with van der Waals surface area (Å²) in [6.45, 7) is 0. The number of nitrogens with one attached hydrogen (secondary N) is 1. The number of sulfonamides is 1. The van der Waals surface area contributed by atoms with E-state index in [1.54, 1.807) is 24.3 Å². The van der Waals surface area contributed by atoms with Crippen molar-refractivity contribution in [2.24, 2.45) is 0 Å². The first-order chi connectivity index (χ1) is 14.4. The van der Waals surface area contributed by atoms with Crippen molar-refractivity contribution >= 4 is 44.1 Å². The third-order valence-corrected chi connectivity index (χ3v) is 6.12. The van der Waals surface area contributed by atoms with Crippen LogP contribution in [-0.2, 0) is 10.0 Å². The highest BCUT2D eigenvalue weighted by Gasteiger charge is 2.23. The lowest BCUT2D eigenvalue weighted by molar-refractivity contribution is 0.103. The average Bonchev–Trinajstić information content (AvgIpc) is 2.76. The van der Waals surface area contributed by atoms with Crippen LogP contribution in [0.15, 0.2) is 78.0 Å². The minimum Gasteiger partial charge on any atom is -0.288 e. The van der Waals surface area contributed by atoms with Gasteiger partial charge >= 0.3 is 0 Å². The molecule has 0 fully saturated rings. The summed E-state index contributed by atoms with van der Waals surface area (Å²) in [5, 5.41) is -0.334. The molecule has 6 nitrogen and oxygen atoms in total. The summed E-state index contributed by atoms with van der Waals surface area (Å²) in [5.74, 6) is -1.57. The van der Waals surface area contributed by atoms with Crippen LogP contribution in [0.3, 0.4) is 0 Å². The minimum atomic E-state index is -3.97. The lowest BCUT2D eigenvalue weighted by Crippen LogP contribution is -2.15. The van der Waals surface area contributed by atoms with Crippen molar-refractivity contribution in [2.75, 3.05) is 4.72 Å². The second-order valence-corrected chi connectivity index (χ2v) is 8.35. The third kappa shape index (κ3) is 3.74. The highest BCUT2D eigenvalue weighted by Crippen LogP contribution is 2.32. The summed E-state index contributed by atoms with van der Waals surface area (Å²) >= 11 is 6.25. The fraction of sp³-hybridized carbons (Fsp3) is 0. The zero-order valence-corrected chi connectivity index (χ0v) is 16.8. The Morgan fingerprint density at radius 3 is 2.37 bits per heavy atom. The predicted molar refractivity (Wildman–Crippen MR) is 112 cm³/mol. The number of halogens is 2. The van der Waals surface area contributed by atoms with E-state index in [-0.39, 0.29) is 21.2 Å². The van der Waals surface area contributed by atoms with E-state index in [0.29, 0.717) is 11.0 Å². The number of nitrogens with zero attached hydrogens (tertiary/aromatic N) is 2. The molecule has 0 aliphatic carbocycles. The molecule has 9 heteroatoms. The van der Waals surface area contributed by atoms with Crippen LogP contribution < -0.4 is 4.72 Å². The molecule has 1 heterocycles. The summed E-state index contributed by atoms with van der Waals surface area (Å²) < 4.78 is 42.0. The second-order valence-electron chi connectivity index (χ2n) is 6.29. The van der Waals surface area contributed by atoms with Crippen molar-refractivity contribution in [3.05, 3.63) is 95.0 Å². The summed E-state index contributed by atoms with van der Waals surface area (Å²) in [5.41, 5.74) is 0.636. The van der Waals surface area contributed by atoms with Crippen molar-refractivity contribution < 1.29 is 17.6 Å². The molecule has 1 aromatic heterocycles. The number of rotatable bonds is 5. The number of anilines is 1. The zero-order chi connectivity index (χ0) is 21.3. The van der Waals surface area contributed by atoms with Gasteiger partial charge in [-0.2, -0.15) is 0 Å². The van der Waals surface area contributed by atoms with Gasteiger partial charge in [-0.25, -0.2) is 12.8 Å². The van der Waals surface area contributed by atoms with Crippen LogP contribution in [0.5, 0.6) is 0 Å². The number of carbonyl (C=O) groups is 1. The van der Waals surface area contributed by atoms with Crippen LogP contribution in [-0.4, -0.2) is 24.2 Å². The molecule has 0 radical (unpaired) electrons. The number of carbonyl (C=O) groups excluding carboxylic acids is 1. The van der Waals surface area contributed by atoms with Crippen LogP contribution in [0.1, 0.15) is 15.9 Å². The van der Waals surface area contributed by atoms with Gasteiger partial charge in [-0.15, -0.1) is 0 Å². The maximum atomic E-state index is 14.5. The molecule has 3 aromatic carbocycles. The van der Waals surface area contributed by atoms with E-state index in [2.05, 4.69) is 14.7 Å². The van der Waals surface area contributed by atoms with E-state index in [0.717, 1.165) is 6.07 Å². The number of benzene rings is 3. The van der Waals surface area contributed by atoms with Crippen LogP contribution in [0.2, 0.25) is 5.02 Å². The summed E-state index contributed by atoms with van der Waals surface area (Å²) in [4.78, 5) is 21.2. The molecule has 150 valence electrons. The Morgan fingerprint density at radius 1 is 0.933 bits per heavy atom. The molecule has 4 aromatic rings. The summed E-state index contributed by atoms with van der Waals surface area (Å²) in [6, 6.07) is 14.3. The number of hydrogen-bond donors (Lipinski definition) is 1. The van der Waals surface area contributed by atoms with Crippen molar-refractivity contribution in [2.45, 2.75) is 4.90 Å². The first-order valence-corrected chi connectivity index (χ1v) is 10.5. The van der Waals surface area contributed by atoms with Crippen molar-refractivity contribution in [3.63, 3.8) is 0 Å². The van der Waals surface area contributed by atoms with Crippen LogP contribution in [0, 0.1) is 5.82 Å². The third-order valence-electron chi connectivity index (χ3n) is 4.35. The fourth-order valence-electron chi connectivity index (χ4n) is 2.89. The van der Waals surface area contributed by atoms with E-state index < -0.39 is 27.2 Å². The van der Waals surface area contributed by atoms with Gasteiger partial charge in [-0.1, -0.05) is 29.8 Å². The van der Waals surface area contributed by atoms with Gasteiger partial charge in [0.25, 0.3) is 10.0 Å². The molecule has 4 rings (SSSR count). The van der Waals surface area contributed by atoms with E-state index in [1.165, 1.54) is 42.7 Å². The molecular formula is C21H13ClFN3O3S. The fourth-order valence-corrected chi connectivity index (χ4v) is 4.33. The van der Waals surface area contributed by atoms with E-state index >= 15 is 0 Å². The van der Waals surface area contributed by atoms with Crippen molar-refractivity contribution in [3.8, 4) is 0 Å². The first kappa shape index (κ1) is 19.9. The molecule has 0 spiro atoms. The molecule has 0 unspecified atom stereocenters. The smallest absolute Gasteiger partial charge is 0.261 e. The van der Waals surface area contributed by atoms with Gasteiger partial charge in [-0.3, -0.25) is 19.5 Å². The second kappa shape index (κ2) is 7.81. The molecule has 1 N–H and O–H groups in total. The zero-order valence-electron chi connectivity index (χ0n) is 15.2. The maximum absolute atomic E-state index is 14.5. The van der Waals surface area contributed by atoms with E-state index in [4.69, 9.17) is 11.6 Å². The molecule has 0 atom stereocenters. The minimum absolute atomic E-state index is 0.00590. The largest absolute Gasteiger partial charge is 0.288 e. The highest BCUT2D eigenvalue weighted by molar-refractivity contribution is 7.92. The average molecular weight is 442 g/mol. The molecule has 0 saturated heterocycles. The monoisotopic (exact) mass is 441 g/mol. The number of aromatic nitrogens is 2. The quantitative estimate of drug-likeness (QED) is 0.462. The number of fused-ring (bicyclic) bond motifs is 1. The summed E-state index contributed by atoms with van der Waals surface area (Å²) in [6.07, 6.45) is 2.99. The molecule has 0 bridgehead atoms.